The fraction of sp³-hybridized carbons (Fsp3) is 0.273. The Labute approximate surface area is 87.5 Å². The van der Waals surface area contributed by atoms with Gasteiger partial charge >= 0.3 is 0 Å². The summed E-state index contributed by atoms with van der Waals surface area (Å²) < 4.78 is 0. The van der Waals surface area contributed by atoms with Crippen LogP contribution in [-0.4, -0.2) is 15.9 Å². The van der Waals surface area contributed by atoms with Crippen molar-refractivity contribution < 1.29 is 4.79 Å². The van der Waals surface area contributed by atoms with Crippen molar-refractivity contribution in [2.45, 2.75) is 19.8 Å². The lowest BCUT2D eigenvalue weighted by molar-refractivity contribution is 0.100. The molecule has 1 heterocycles. The van der Waals surface area contributed by atoms with Gasteiger partial charge in [0.05, 0.1) is 11.0 Å². The Balaban J connectivity index is 2.47. The van der Waals surface area contributed by atoms with Crippen LogP contribution < -0.4 is 5.73 Å². The molecule has 0 unspecified atom stereocenters. The summed E-state index contributed by atoms with van der Waals surface area (Å²) in [4.78, 5) is 18.5. The summed E-state index contributed by atoms with van der Waals surface area (Å²) in [5.74, 6) is 0.540. The van der Waals surface area contributed by atoms with Crippen molar-refractivity contribution in [3.63, 3.8) is 0 Å². The molecular formula is C11H13N3O. The molecule has 0 aliphatic heterocycles. The number of aromatic amines is 1. The maximum atomic E-state index is 11.0. The molecule has 0 saturated carbocycles. The van der Waals surface area contributed by atoms with Crippen molar-refractivity contribution in [2.24, 2.45) is 5.73 Å². The number of nitrogens with one attached hydrogen (secondary N) is 1. The fourth-order valence-electron chi connectivity index (χ4n) is 1.57. The topological polar surface area (TPSA) is 71.8 Å². The second-order valence-corrected chi connectivity index (χ2v) is 3.53. The molecule has 0 radical (unpaired) electrons. The van der Waals surface area contributed by atoms with E-state index < -0.39 is 5.91 Å². The molecule has 0 saturated heterocycles. The summed E-state index contributed by atoms with van der Waals surface area (Å²) in [5, 5.41) is 0. The molecule has 1 aromatic carbocycles. The first-order valence-corrected chi connectivity index (χ1v) is 4.99. The van der Waals surface area contributed by atoms with E-state index in [9.17, 15) is 4.79 Å². The molecule has 3 N–H and O–H groups in total. The van der Waals surface area contributed by atoms with E-state index in [0.29, 0.717) is 5.56 Å². The lowest BCUT2D eigenvalue weighted by Gasteiger charge is -1.93. The molecule has 1 aromatic heterocycles. The minimum Gasteiger partial charge on any atom is -0.366 e. The van der Waals surface area contributed by atoms with Crippen LogP contribution in [0.4, 0.5) is 0 Å². The Bertz CT molecular complexity index is 502. The molecule has 0 bridgehead atoms. The molecular weight excluding hydrogens is 190 g/mol. The first kappa shape index (κ1) is 9.71. The van der Waals surface area contributed by atoms with Crippen LogP contribution in [0.2, 0.25) is 0 Å². The zero-order chi connectivity index (χ0) is 10.8. The summed E-state index contributed by atoms with van der Waals surface area (Å²) in [6.07, 6.45) is 1.96. The van der Waals surface area contributed by atoms with Gasteiger partial charge in [0.2, 0.25) is 5.91 Å². The second-order valence-electron chi connectivity index (χ2n) is 3.53. The number of carbonyl (C=O) groups is 1. The molecule has 15 heavy (non-hydrogen) atoms. The lowest BCUT2D eigenvalue weighted by atomic mass is 10.2. The summed E-state index contributed by atoms with van der Waals surface area (Å²) in [6.45, 7) is 2.10. The number of aryl methyl sites for hydroxylation is 1. The van der Waals surface area contributed by atoms with Gasteiger partial charge in [-0.05, 0) is 24.6 Å². The zero-order valence-electron chi connectivity index (χ0n) is 8.58. The van der Waals surface area contributed by atoms with Crippen molar-refractivity contribution in [3.8, 4) is 0 Å². The van der Waals surface area contributed by atoms with Gasteiger partial charge in [0.1, 0.15) is 5.82 Å². The largest absolute Gasteiger partial charge is 0.366 e. The molecule has 2 rings (SSSR count). The van der Waals surface area contributed by atoms with Crippen LogP contribution >= 0.6 is 0 Å². The SMILES string of the molecule is CCCc1nc2ccc(C(N)=O)cc2[nH]1. The molecule has 4 heteroatoms. The number of H-pyrrole nitrogens is 1. The molecule has 0 aliphatic carbocycles. The van der Waals surface area contributed by atoms with Crippen LogP contribution in [0.25, 0.3) is 11.0 Å². The van der Waals surface area contributed by atoms with Gasteiger partial charge in [0.15, 0.2) is 0 Å². The van der Waals surface area contributed by atoms with Crippen LogP contribution in [0.5, 0.6) is 0 Å². The molecule has 0 atom stereocenters. The van der Waals surface area contributed by atoms with Crippen molar-refractivity contribution in [1.82, 2.24) is 9.97 Å². The Hall–Kier alpha value is -1.84. The van der Waals surface area contributed by atoms with Crippen molar-refractivity contribution in [1.29, 1.82) is 0 Å². The average molecular weight is 203 g/mol. The van der Waals surface area contributed by atoms with Crippen LogP contribution in [0.15, 0.2) is 18.2 Å². The van der Waals surface area contributed by atoms with Gasteiger partial charge in [-0.2, -0.15) is 0 Å². The highest BCUT2D eigenvalue weighted by atomic mass is 16.1. The van der Waals surface area contributed by atoms with Crippen LogP contribution in [-0.2, 0) is 6.42 Å². The number of benzene rings is 1. The molecule has 4 nitrogen and oxygen atoms in total. The third kappa shape index (κ3) is 1.83. The van der Waals surface area contributed by atoms with Crippen LogP contribution in [0.1, 0.15) is 29.5 Å². The fourth-order valence-corrected chi connectivity index (χ4v) is 1.57. The number of rotatable bonds is 3. The molecule has 78 valence electrons. The zero-order valence-corrected chi connectivity index (χ0v) is 8.58. The minimum absolute atomic E-state index is 0.413. The van der Waals surface area contributed by atoms with E-state index in [2.05, 4.69) is 16.9 Å². The maximum Gasteiger partial charge on any atom is 0.248 e. The van der Waals surface area contributed by atoms with Crippen LogP contribution in [0, 0.1) is 0 Å². The highest BCUT2D eigenvalue weighted by Gasteiger charge is 2.05. The van der Waals surface area contributed by atoms with E-state index in [4.69, 9.17) is 5.73 Å². The van der Waals surface area contributed by atoms with Crippen molar-refractivity contribution in [3.05, 3.63) is 29.6 Å². The van der Waals surface area contributed by atoms with E-state index in [1.807, 2.05) is 6.07 Å². The smallest absolute Gasteiger partial charge is 0.248 e. The number of imidazole rings is 1. The molecule has 0 fully saturated rings. The minimum atomic E-state index is -0.413. The number of primary amides is 1. The van der Waals surface area contributed by atoms with Gasteiger partial charge in [-0.1, -0.05) is 6.92 Å². The number of fused-ring (bicyclic) bond motifs is 1. The lowest BCUT2D eigenvalue weighted by Crippen LogP contribution is -2.10. The summed E-state index contributed by atoms with van der Waals surface area (Å²) in [6, 6.07) is 5.25. The number of aromatic nitrogens is 2. The van der Waals surface area contributed by atoms with E-state index >= 15 is 0 Å². The Morgan fingerprint density at radius 3 is 3.00 bits per heavy atom. The average Bonchev–Trinajstić information content (AvgIpc) is 2.59. The number of amides is 1. The molecule has 0 spiro atoms. The Morgan fingerprint density at radius 2 is 2.33 bits per heavy atom. The number of nitrogens with zero attached hydrogens (tertiary/aromatic N) is 1. The Kier molecular flexibility index (Phi) is 2.41. The summed E-state index contributed by atoms with van der Waals surface area (Å²) in [7, 11) is 0. The van der Waals surface area contributed by atoms with Gasteiger partial charge in [-0.15, -0.1) is 0 Å². The Morgan fingerprint density at radius 1 is 1.53 bits per heavy atom. The highest BCUT2D eigenvalue weighted by molar-refractivity contribution is 5.96. The van der Waals surface area contributed by atoms with E-state index in [0.717, 1.165) is 29.7 Å². The normalized spacial score (nSPS) is 10.7. The first-order chi connectivity index (χ1) is 7.20. The summed E-state index contributed by atoms with van der Waals surface area (Å²) in [5.41, 5.74) is 7.45. The third-order valence-corrected chi connectivity index (χ3v) is 2.30. The highest BCUT2D eigenvalue weighted by Crippen LogP contribution is 2.14. The van der Waals surface area contributed by atoms with Crippen molar-refractivity contribution >= 4 is 16.9 Å². The first-order valence-electron chi connectivity index (χ1n) is 4.99. The van der Waals surface area contributed by atoms with Gasteiger partial charge in [0.25, 0.3) is 0 Å². The monoisotopic (exact) mass is 203 g/mol. The molecule has 1 amide bonds. The maximum absolute atomic E-state index is 11.0. The molecule has 2 aromatic rings. The number of hydrogen-bond donors (Lipinski definition) is 2. The standard InChI is InChI=1S/C11H13N3O/c1-2-3-10-13-8-5-4-7(11(12)15)6-9(8)14-10/h4-6H,2-3H2,1H3,(H2,12,15)(H,13,14). The third-order valence-electron chi connectivity index (χ3n) is 2.30. The predicted octanol–water partition coefficient (Wildman–Crippen LogP) is 1.61. The van der Waals surface area contributed by atoms with E-state index in [1.54, 1.807) is 12.1 Å². The quantitative estimate of drug-likeness (QED) is 0.795. The van der Waals surface area contributed by atoms with Crippen molar-refractivity contribution in [2.75, 3.05) is 0 Å². The van der Waals surface area contributed by atoms with E-state index in [-0.39, 0.29) is 0 Å². The van der Waals surface area contributed by atoms with Gasteiger partial charge in [-0.3, -0.25) is 4.79 Å². The number of nitrogens with two attached hydrogens (primary N) is 1. The van der Waals surface area contributed by atoms with Gasteiger partial charge < -0.3 is 10.7 Å². The summed E-state index contributed by atoms with van der Waals surface area (Å²) >= 11 is 0. The predicted molar refractivity (Wildman–Crippen MR) is 58.6 cm³/mol. The molecule has 0 aliphatic rings. The van der Waals surface area contributed by atoms with Gasteiger partial charge in [-0.25, -0.2) is 4.98 Å². The number of carbonyl (C=O) groups excluding carboxylic acids is 1. The number of hydrogen-bond acceptors (Lipinski definition) is 2. The van der Waals surface area contributed by atoms with Crippen LogP contribution in [0.3, 0.4) is 0 Å². The second kappa shape index (κ2) is 3.73. The van der Waals surface area contributed by atoms with E-state index in [1.165, 1.54) is 0 Å². The van der Waals surface area contributed by atoms with Gasteiger partial charge in [0, 0.05) is 12.0 Å².